The van der Waals surface area contributed by atoms with E-state index in [0.29, 0.717) is 11.6 Å². The highest BCUT2D eigenvalue weighted by molar-refractivity contribution is 5.02. The SMILES string of the molecule is CCCNC(C(C)CCC)C(CC)(CC)N1CCCC1. The van der Waals surface area contributed by atoms with Crippen LogP contribution < -0.4 is 5.32 Å². The van der Waals surface area contributed by atoms with Crippen molar-refractivity contribution in [1.82, 2.24) is 10.2 Å². The lowest BCUT2D eigenvalue weighted by molar-refractivity contribution is 0.0386. The third-order valence-corrected chi connectivity index (χ3v) is 5.47. The van der Waals surface area contributed by atoms with Gasteiger partial charge in [0, 0.05) is 11.6 Å². The normalized spacial score (nSPS) is 20.2. The fourth-order valence-electron chi connectivity index (χ4n) is 4.34. The van der Waals surface area contributed by atoms with Gasteiger partial charge in [-0.05, 0) is 64.1 Å². The molecule has 0 aromatic carbocycles. The first-order chi connectivity index (χ1) is 9.66. The molecule has 1 saturated heterocycles. The lowest BCUT2D eigenvalue weighted by Gasteiger charge is -2.49. The standard InChI is InChI=1S/C18H38N2/c1-6-12-16(5)17(19-13-7-2)18(8-3,9-4)20-14-10-11-15-20/h16-17,19H,6-15H2,1-5H3. The summed E-state index contributed by atoms with van der Waals surface area (Å²) in [5, 5.41) is 3.93. The van der Waals surface area contributed by atoms with Gasteiger partial charge in [-0.1, -0.05) is 41.0 Å². The van der Waals surface area contributed by atoms with Crippen molar-refractivity contribution in [3.8, 4) is 0 Å². The second kappa shape index (κ2) is 9.04. The molecule has 0 aliphatic carbocycles. The predicted molar refractivity (Wildman–Crippen MR) is 90.3 cm³/mol. The van der Waals surface area contributed by atoms with Gasteiger partial charge in [0.1, 0.15) is 0 Å². The summed E-state index contributed by atoms with van der Waals surface area (Å²) in [5.41, 5.74) is 0.375. The molecule has 0 saturated carbocycles. The molecule has 0 spiro atoms. The van der Waals surface area contributed by atoms with Gasteiger partial charge in [0.25, 0.3) is 0 Å². The zero-order chi connectivity index (χ0) is 15.0. The van der Waals surface area contributed by atoms with Crippen LogP contribution in [0.15, 0.2) is 0 Å². The fraction of sp³-hybridized carbons (Fsp3) is 1.00. The molecule has 1 aliphatic rings. The molecule has 20 heavy (non-hydrogen) atoms. The first-order valence-corrected chi connectivity index (χ1v) is 9.14. The molecule has 1 heterocycles. The Morgan fingerprint density at radius 2 is 1.60 bits per heavy atom. The maximum Gasteiger partial charge on any atom is 0.0359 e. The maximum absolute atomic E-state index is 3.93. The number of likely N-dealkylation sites (tertiary alicyclic amines) is 1. The lowest BCUT2D eigenvalue weighted by atomic mass is 9.75. The first-order valence-electron chi connectivity index (χ1n) is 9.14. The van der Waals surface area contributed by atoms with E-state index < -0.39 is 0 Å². The van der Waals surface area contributed by atoms with Crippen LogP contribution in [0.4, 0.5) is 0 Å². The van der Waals surface area contributed by atoms with Gasteiger partial charge >= 0.3 is 0 Å². The molecule has 0 aromatic heterocycles. The van der Waals surface area contributed by atoms with Crippen molar-refractivity contribution in [1.29, 1.82) is 0 Å². The summed E-state index contributed by atoms with van der Waals surface area (Å²) in [6, 6.07) is 0.649. The van der Waals surface area contributed by atoms with Crippen LogP contribution in [-0.2, 0) is 0 Å². The van der Waals surface area contributed by atoms with Gasteiger partial charge < -0.3 is 5.32 Å². The summed E-state index contributed by atoms with van der Waals surface area (Å²) in [5.74, 6) is 0.770. The average Bonchev–Trinajstić information content (AvgIpc) is 2.98. The molecule has 2 unspecified atom stereocenters. The van der Waals surface area contributed by atoms with Gasteiger partial charge in [-0.25, -0.2) is 0 Å². The predicted octanol–water partition coefficient (Wildman–Crippen LogP) is 4.45. The van der Waals surface area contributed by atoms with Crippen LogP contribution in [0.25, 0.3) is 0 Å². The van der Waals surface area contributed by atoms with Crippen LogP contribution in [0, 0.1) is 5.92 Å². The summed E-state index contributed by atoms with van der Waals surface area (Å²) in [6.45, 7) is 15.7. The van der Waals surface area contributed by atoms with Crippen LogP contribution in [0.2, 0.25) is 0 Å². The number of rotatable bonds is 10. The fourth-order valence-corrected chi connectivity index (χ4v) is 4.34. The molecule has 2 heteroatoms. The van der Waals surface area contributed by atoms with Crippen LogP contribution in [0.1, 0.15) is 79.6 Å². The van der Waals surface area contributed by atoms with E-state index in [0.717, 1.165) is 12.5 Å². The highest BCUT2D eigenvalue weighted by Crippen LogP contribution is 2.35. The number of nitrogens with one attached hydrogen (secondary N) is 1. The molecule has 2 nitrogen and oxygen atoms in total. The first kappa shape index (κ1) is 18.0. The summed E-state index contributed by atoms with van der Waals surface area (Å²) in [4.78, 5) is 2.81. The van der Waals surface area contributed by atoms with Gasteiger partial charge in [0.15, 0.2) is 0 Å². The van der Waals surface area contributed by atoms with E-state index in [9.17, 15) is 0 Å². The summed E-state index contributed by atoms with van der Waals surface area (Å²) >= 11 is 0. The third kappa shape index (κ3) is 3.98. The van der Waals surface area contributed by atoms with Crippen molar-refractivity contribution in [2.45, 2.75) is 91.1 Å². The van der Waals surface area contributed by atoms with E-state index >= 15 is 0 Å². The highest BCUT2D eigenvalue weighted by Gasteiger charge is 2.43. The topological polar surface area (TPSA) is 15.3 Å². The molecule has 2 atom stereocenters. The molecule has 0 aromatic rings. The monoisotopic (exact) mass is 282 g/mol. The lowest BCUT2D eigenvalue weighted by Crippen LogP contribution is -2.62. The Kier molecular flexibility index (Phi) is 8.13. The Hall–Kier alpha value is -0.0800. The summed E-state index contributed by atoms with van der Waals surface area (Å²) < 4.78 is 0. The number of hydrogen-bond donors (Lipinski definition) is 1. The third-order valence-electron chi connectivity index (χ3n) is 5.47. The molecule has 0 radical (unpaired) electrons. The minimum absolute atomic E-state index is 0.375. The van der Waals surface area contributed by atoms with Gasteiger partial charge in [0.05, 0.1) is 0 Å². The Labute approximate surface area is 127 Å². The molecule has 1 aliphatic heterocycles. The second-order valence-electron chi connectivity index (χ2n) is 6.70. The summed E-state index contributed by atoms with van der Waals surface area (Å²) in [6.07, 6.45) is 9.22. The average molecular weight is 283 g/mol. The molecule has 1 rings (SSSR count). The Morgan fingerprint density at radius 1 is 1.00 bits per heavy atom. The van der Waals surface area contributed by atoms with Crippen molar-refractivity contribution in [2.24, 2.45) is 5.92 Å². The van der Waals surface area contributed by atoms with Gasteiger partial charge in [0.2, 0.25) is 0 Å². The van der Waals surface area contributed by atoms with Crippen molar-refractivity contribution in [3.05, 3.63) is 0 Å². The molecule has 0 bridgehead atoms. The van der Waals surface area contributed by atoms with Crippen LogP contribution in [0.3, 0.4) is 0 Å². The Balaban J connectivity index is 2.94. The van der Waals surface area contributed by atoms with E-state index in [4.69, 9.17) is 0 Å². The van der Waals surface area contributed by atoms with Crippen molar-refractivity contribution < 1.29 is 0 Å². The zero-order valence-corrected chi connectivity index (χ0v) is 14.7. The molecular formula is C18H38N2. The summed E-state index contributed by atoms with van der Waals surface area (Å²) in [7, 11) is 0. The van der Waals surface area contributed by atoms with Crippen LogP contribution >= 0.6 is 0 Å². The van der Waals surface area contributed by atoms with Crippen LogP contribution in [0.5, 0.6) is 0 Å². The van der Waals surface area contributed by atoms with Crippen molar-refractivity contribution in [2.75, 3.05) is 19.6 Å². The quantitative estimate of drug-likeness (QED) is 0.637. The van der Waals surface area contributed by atoms with Crippen LogP contribution in [-0.4, -0.2) is 36.1 Å². The largest absolute Gasteiger partial charge is 0.312 e. The number of hydrogen-bond acceptors (Lipinski definition) is 2. The molecule has 120 valence electrons. The Bertz CT molecular complexity index is 242. The smallest absolute Gasteiger partial charge is 0.0359 e. The van der Waals surface area contributed by atoms with Gasteiger partial charge in [-0.3, -0.25) is 4.90 Å². The van der Waals surface area contributed by atoms with Crippen molar-refractivity contribution >= 4 is 0 Å². The van der Waals surface area contributed by atoms with E-state index in [1.54, 1.807) is 0 Å². The highest BCUT2D eigenvalue weighted by atomic mass is 15.2. The van der Waals surface area contributed by atoms with E-state index in [1.807, 2.05) is 0 Å². The van der Waals surface area contributed by atoms with Gasteiger partial charge in [-0.2, -0.15) is 0 Å². The molecule has 1 N–H and O–H groups in total. The second-order valence-corrected chi connectivity index (χ2v) is 6.70. The molecule has 0 amide bonds. The maximum atomic E-state index is 3.93. The molecule has 1 fully saturated rings. The zero-order valence-electron chi connectivity index (χ0n) is 14.7. The Morgan fingerprint density at radius 3 is 2.05 bits per heavy atom. The van der Waals surface area contributed by atoms with E-state index in [1.165, 1.54) is 58.0 Å². The van der Waals surface area contributed by atoms with E-state index in [2.05, 4.69) is 44.8 Å². The minimum atomic E-state index is 0.375. The van der Waals surface area contributed by atoms with Gasteiger partial charge in [-0.15, -0.1) is 0 Å². The number of nitrogens with zero attached hydrogens (tertiary/aromatic N) is 1. The van der Waals surface area contributed by atoms with E-state index in [-0.39, 0.29) is 0 Å². The molecular weight excluding hydrogens is 244 g/mol. The van der Waals surface area contributed by atoms with Crippen molar-refractivity contribution in [3.63, 3.8) is 0 Å². The minimum Gasteiger partial charge on any atom is -0.312 e.